The van der Waals surface area contributed by atoms with Crippen molar-refractivity contribution < 1.29 is 5.11 Å². The van der Waals surface area contributed by atoms with Gasteiger partial charge in [-0.25, -0.2) is 0 Å². The molecule has 1 N–H and O–H groups in total. The van der Waals surface area contributed by atoms with Gasteiger partial charge in [0.25, 0.3) is 0 Å². The SMILES string of the molecule is C=CC[C@@H]1CCC[C@H](c2ccccc2)N1[C@@H](c1ccccc1)c1ccccc1O. The zero-order chi connectivity index (χ0) is 20.1. The van der Waals surface area contributed by atoms with Gasteiger partial charge < -0.3 is 5.11 Å². The van der Waals surface area contributed by atoms with Crippen molar-refractivity contribution in [1.82, 2.24) is 4.90 Å². The van der Waals surface area contributed by atoms with Crippen LogP contribution >= 0.6 is 0 Å². The molecule has 29 heavy (non-hydrogen) atoms. The number of hydrogen-bond acceptors (Lipinski definition) is 2. The second kappa shape index (κ2) is 9.11. The molecule has 1 heterocycles. The minimum Gasteiger partial charge on any atom is -0.508 e. The number of aromatic hydroxyl groups is 1. The van der Waals surface area contributed by atoms with Crippen molar-refractivity contribution in [2.24, 2.45) is 0 Å². The Labute approximate surface area is 174 Å². The molecule has 2 heteroatoms. The molecule has 4 rings (SSSR count). The first-order chi connectivity index (χ1) is 14.3. The van der Waals surface area contributed by atoms with Crippen molar-refractivity contribution >= 4 is 0 Å². The van der Waals surface area contributed by atoms with E-state index in [2.05, 4.69) is 78.2 Å². The highest BCUT2D eigenvalue weighted by molar-refractivity contribution is 5.41. The zero-order valence-corrected chi connectivity index (χ0v) is 16.8. The van der Waals surface area contributed by atoms with E-state index in [9.17, 15) is 5.11 Å². The summed E-state index contributed by atoms with van der Waals surface area (Å²) in [6, 6.07) is 29.9. The molecule has 148 valence electrons. The van der Waals surface area contributed by atoms with Gasteiger partial charge in [0, 0.05) is 17.6 Å². The van der Waals surface area contributed by atoms with Crippen molar-refractivity contribution in [2.75, 3.05) is 0 Å². The number of nitrogens with zero attached hydrogens (tertiary/aromatic N) is 1. The van der Waals surface area contributed by atoms with E-state index in [-0.39, 0.29) is 6.04 Å². The molecule has 0 bridgehead atoms. The van der Waals surface area contributed by atoms with E-state index in [4.69, 9.17) is 0 Å². The van der Waals surface area contributed by atoms with Crippen LogP contribution < -0.4 is 0 Å². The predicted molar refractivity (Wildman–Crippen MR) is 120 cm³/mol. The molecule has 0 saturated carbocycles. The fourth-order valence-corrected chi connectivity index (χ4v) is 4.80. The third-order valence-corrected chi connectivity index (χ3v) is 6.06. The third kappa shape index (κ3) is 4.13. The Hall–Kier alpha value is -2.84. The van der Waals surface area contributed by atoms with Crippen molar-refractivity contribution in [3.05, 3.63) is 114 Å². The maximum atomic E-state index is 10.8. The molecule has 0 aliphatic carbocycles. The fraction of sp³-hybridized carbons (Fsp3) is 0.259. The summed E-state index contributed by atoms with van der Waals surface area (Å²) in [5.74, 6) is 0.357. The topological polar surface area (TPSA) is 23.5 Å². The van der Waals surface area contributed by atoms with Crippen LogP contribution in [0.1, 0.15) is 54.5 Å². The fourth-order valence-electron chi connectivity index (χ4n) is 4.80. The normalized spacial score (nSPS) is 20.8. The average molecular weight is 384 g/mol. The number of likely N-dealkylation sites (tertiary alicyclic amines) is 1. The number of hydrogen-bond donors (Lipinski definition) is 1. The predicted octanol–water partition coefficient (Wildman–Crippen LogP) is 6.65. The average Bonchev–Trinajstić information content (AvgIpc) is 2.78. The minimum atomic E-state index is -0.00661. The first kappa shape index (κ1) is 19.5. The Bertz CT molecular complexity index is 922. The van der Waals surface area contributed by atoms with Crippen LogP contribution in [0, 0.1) is 0 Å². The Balaban J connectivity index is 1.88. The molecular weight excluding hydrogens is 354 g/mol. The highest BCUT2D eigenvalue weighted by Gasteiger charge is 2.38. The van der Waals surface area contributed by atoms with E-state index in [1.54, 1.807) is 6.07 Å². The molecule has 1 aliphatic rings. The van der Waals surface area contributed by atoms with Crippen LogP contribution in [0.15, 0.2) is 97.6 Å². The third-order valence-electron chi connectivity index (χ3n) is 6.06. The highest BCUT2D eigenvalue weighted by Crippen LogP contribution is 2.45. The smallest absolute Gasteiger partial charge is 0.120 e. The van der Waals surface area contributed by atoms with Gasteiger partial charge in [-0.05, 0) is 42.9 Å². The van der Waals surface area contributed by atoms with E-state index in [0.29, 0.717) is 17.8 Å². The van der Waals surface area contributed by atoms with Gasteiger partial charge in [-0.2, -0.15) is 0 Å². The summed E-state index contributed by atoms with van der Waals surface area (Å²) in [4.78, 5) is 2.63. The van der Waals surface area contributed by atoms with Gasteiger partial charge in [-0.1, -0.05) is 84.9 Å². The molecule has 0 aromatic heterocycles. The molecule has 1 fully saturated rings. The van der Waals surface area contributed by atoms with Crippen LogP contribution in [0.25, 0.3) is 0 Å². The van der Waals surface area contributed by atoms with E-state index >= 15 is 0 Å². The summed E-state index contributed by atoms with van der Waals surface area (Å²) in [6.45, 7) is 4.03. The maximum absolute atomic E-state index is 10.8. The summed E-state index contributed by atoms with van der Waals surface area (Å²) in [5.41, 5.74) is 3.53. The number of benzene rings is 3. The first-order valence-corrected chi connectivity index (χ1v) is 10.6. The summed E-state index contributed by atoms with van der Waals surface area (Å²) in [7, 11) is 0. The van der Waals surface area contributed by atoms with Crippen LogP contribution in [0.3, 0.4) is 0 Å². The number of phenols is 1. The number of para-hydroxylation sites is 1. The van der Waals surface area contributed by atoms with Crippen LogP contribution in [0.5, 0.6) is 5.75 Å². The summed E-state index contributed by atoms with van der Waals surface area (Å²) in [6.07, 6.45) is 6.45. The molecule has 3 aromatic carbocycles. The molecule has 1 aliphatic heterocycles. The minimum absolute atomic E-state index is 0.00661. The highest BCUT2D eigenvalue weighted by atomic mass is 16.3. The number of piperidine rings is 1. The maximum Gasteiger partial charge on any atom is 0.120 e. The second-order valence-corrected chi connectivity index (χ2v) is 7.85. The summed E-state index contributed by atoms with van der Waals surface area (Å²) in [5, 5.41) is 10.8. The molecule has 2 nitrogen and oxygen atoms in total. The summed E-state index contributed by atoms with van der Waals surface area (Å²) >= 11 is 0. The Kier molecular flexibility index (Phi) is 6.12. The van der Waals surface area contributed by atoms with Gasteiger partial charge in [0.2, 0.25) is 0 Å². The number of rotatable bonds is 6. The lowest BCUT2D eigenvalue weighted by molar-refractivity contribution is 0.0516. The van der Waals surface area contributed by atoms with E-state index in [1.165, 1.54) is 17.5 Å². The summed E-state index contributed by atoms with van der Waals surface area (Å²) < 4.78 is 0. The zero-order valence-electron chi connectivity index (χ0n) is 16.8. The largest absolute Gasteiger partial charge is 0.508 e. The Morgan fingerprint density at radius 1 is 0.897 bits per heavy atom. The van der Waals surface area contributed by atoms with Gasteiger partial charge in [-0.15, -0.1) is 6.58 Å². The van der Waals surface area contributed by atoms with Gasteiger partial charge >= 0.3 is 0 Å². The lowest BCUT2D eigenvalue weighted by Crippen LogP contribution is -2.44. The molecule has 3 aromatic rings. The monoisotopic (exact) mass is 383 g/mol. The lowest BCUT2D eigenvalue weighted by Gasteiger charge is -2.47. The number of phenolic OH excluding ortho intramolecular Hbond substituents is 1. The molecule has 1 saturated heterocycles. The molecular formula is C27H29NO. The second-order valence-electron chi connectivity index (χ2n) is 7.85. The molecule has 0 amide bonds. The molecule has 0 unspecified atom stereocenters. The van der Waals surface area contributed by atoms with Gasteiger partial charge in [0.05, 0.1) is 6.04 Å². The van der Waals surface area contributed by atoms with E-state index in [0.717, 1.165) is 24.8 Å². The quantitative estimate of drug-likeness (QED) is 0.481. The van der Waals surface area contributed by atoms with E-state index in [1.807, 2.05) is 18.2 Å². The van der Waals surface area contributed by atoms with Crippen LogP contribution in [0.2, 0.25) is 0 Å². The van der Waals surface area contributed by atoms with E-state index < -0.39 is 0 Å². The van der Waals surface area contributed by atoms with Crippen molar-refractivity contribution in [3.8, 4) is 5.75 Å². The Morgan fingerprint density at radius 3 is 2.24 bits per heavy atom. The molecule has 0 spiro atoms. The Morgan fingerprint density at radius 2 is 1.55 bits per heavy atom. The van der Waals surface area contributed by atoms with Crippen molar-refractivity contribution in [3.63, 3.8) is 0 Å². The lowest BCUT2D eigenvalue weighted by atomic mass is 9.84. The van der Waals surface area contributed by atoms with Crippen molar-refractivity contribution in [2.45, 2.75) is 43.8 Å². The van der Waals surface area contributed by atoms with Crippen LogP contribution in [-0.2, 0) is 0 Å². The standard InChI is InChI=1S/C27H29NO/c1-2-12-23-17-11-19-25(21-13-5-3-6-14-21)28(23)27(22-15-7-4-8-16-22)24-18-9-10-20-26(24)29/h2-10,13-16,18,20,23,25,27,29H,1,11-12,17,19H2/t23-,25-,27+/m1/s1. The van der Waals surface area contributed by atoms with Crippen LogP contribution in [-0.4, -0.2) is 16.0 Å². The van der Waals surface area contributed by atoms with Gasteiger partial charge in [0.1, 0.15) is 5.75 Å². The molecule has 3 atom stereocenters. The van der Waals surface area contributed by atoms with Crippen molar-refractivity contribution in [1.29, 1.82) is 0 Å². The van der Waals surface area contributed by atoms with Gasteiger partial charge in [0.15, 0.2) is 0 Å². The van der Waals surface area contributed by atoms with Crippen LogP contribution in [0.4, 0.5) is 0 Å². The molecule has 0 radical (unpaired) electrons. The first-order valence-electron chi connectivity index (χ1n) is 10.6. The van der Waals surface area contributed by atoms with Gasteiger partial charge in [-0.3, -0.25) is 4.90 Å².